The Morgan fingerprint density at radius 1 is 1.18 bits per heavy atom. The highest BCUT2D eigenvalue weighted by Crippen LogP contribution is 2.35. The number of carbonyl (C=O) groups excluding carboxylic acids is 1. The van der Waals surface area contributed by atoms with Gasteiger partial charge < -0.3 is 4.90 Å². The summed E-state index contributed by atoms with van der Waals surface area (Å²) in [7, 11) is -4.12. The largest absolute Gasteiger partial charge is 0.308 e. The fourth-order valence-electron chi connectivity index (χ4n) is 4.15. The number of nitrogens with zero attached hydrogens (tertiary/aromatic N) is 2. The SMILES string of the molecule is Cc1ccc(S(=O)(=O)N(CC(=O)N2c3ccc(Br)cc3C[C@@H]2C)Cc2c(F)cccc2Cl)cc1. The van der Waals surface area contributed by atoms with Gasteiger partial charge in [-0.3, -0.25) is 4.79 Å². The number of amides is 1. The van der Waals surface area contributed by atoms with Crippen molar-refractivity contribution < 1.29 is 17.6 Å². The summed E-state index contributed by atoms with van der Waals surface area (Å²) < 4.78 is 43.6. The van der Waals surface area contributed by atoms with E-state index in [-0.39, 0.29) is 28.1 Å². The first-order valence-corrected chi connectivity index (χ1v) is 13.3. The Morgan fingerprint density at radius 3 is 2.56 bits per heavy atom. The Kier molecular flexibility index (Phi) is 7.14. The summed E-state index contributed by atoms with van der Waals surface area (Å²) in [5.41, 5.74) is 2.66. The van der Waals surface area contributed by atoms with Gasteiger partial charge in [0.1, 0.15) is 5.82 Å². The Balaban J connectivity index is 1.71. The molecule has 0 aromatic heterocycles. The molecule has 0 saturated carbocycles. The second kappa shape index (κ2) is 9.77. The Morgan fingerprint density at radius 2 is 1.88 bits per heavy atom. The number of anilines is 1. The molecular weight excluding hydrogens is 543 g/mol. The highest BCUT2D eigenvalue weighted by molar-refractivity contribution is 9.10. The van der Waals surface area contributed by atoms with E-state index in [1.165, 1.54) is 30.3 Å². The van der Waals surface area contributed by atoms with E-state index >= 15 is 0 Å². The topological polar surface area (TPSA) is 57.7 Å². The van der Waals surface area contributed by atoms with Crippen LogP contribution in [0.1, 0.15) is 23.6 Å². The van der Waals surface area contributed by atoms with Crippen LogP contribution in [0.5, 0.6) is 0 Å². The lowest BCUT2D eigenvalue weighted by Gasteiger charge is -2.28. The van der Waals surface area contributed by atoms with Crippen LogP contribution in [0.15, 0.2) is 70.0 Å². The molecule has 9 heteroatoms. The third kappa shape index (κ3) is 4.91. The molecule has 34 heavy (non-hydrogen) atoms. The van der Waals surface area contributed by atoms with Gasteiger partial charge in [-0.25, -0.2) is 12.8 Å². The zero-order chi connectivity index (χ0) is 24.6. The molecule has 0 radical (unpaired) electrons. The maximum Gasteiger partial charge on any atom is 0.243 e. The summed E-state index contributed by atoms with van der Waals surface area (Å²) >= 11 is 9.65. The van der Waals surface area contributed by atoms with Gasteiger partial charge in [-0.1, -0.05) is 51.3 Å². The van der Waals surface area contributed by atoms with Crippen molar-refractivity contribution in [2.24, 2.45) is 0 Å². The lowest BCUT2D eigenvalue weighted by Crippen LogP contribution is -2.45. The molecule has 3 aromatic rings. The summed E-state index contributed by atoms with van der Waals surface area (Å²) in [6.07, 6.45) is 0.657. The van der Waals surface area contributed by atoms with Gasteiger partial charge in [0.25, 0.3) is 0 Å². The smallest absolute Gasteiger partial charge is 0.243 e. The molecule has 0 spiro atoms. The van der Waals surface area contributed by atoms with Crippen LogP contribution in [0.3, 0.4) is 0 Å². The van der Waals surface area contributed by atoms with Crippen LogP contribution in [0.25, 0.3) is 0 Å². The Hall–Kier alpha value is -2.26. The summed E-state index contributed by atoms with van der Waals surface area (Å²) in [5.74, 6) is -1.02. The van der Waals surface area contributed by atoms with Crippen LogP contribution in [-0.4, -0.2) is 31.2 Å². The van der Waals surface area contributed by atoms with Crippen LogP contribution >= 0.6 is 27.5 Å². The molecule has 0 unspecified atom stereocenters. The van der Waals surface area contributed by atoms with Crippen LogP contribution in [0.4, 0.5) is 10.1 Å². The van der Waals surface area contributed by atoms with Gasteiger partial charge in [-0.15, -0.1) is 0 Å². The highest BCUT2D eigenvalue weighted by Gasteiger charge is 2.35. The van der Waals surface area contributed by atoms with Gasteiger partial charge in [-0.05, 0) is 68.3 Å². The third-order valence-corrected chi connectivity index (χ3v) is 8.55. The summed E-state index contributed by atoms with van der Waals surface area (Å²) in [5, 5.41) is 0.0984. The third-order valence-electron chi connectivity index (χ3n) is 5.89. The van der Waals surface area contributed by atoms with Crippen molar-refractivity contribution in [1.82, 2.24) is 4.31 Å². The molecule has 0 fully saturated rings. The quantitative estimate of drug-likeness (QED) is 0.384. The van der Waals surface area contributed by atoms with E-state index in [9.17, 15) is 17.6 Å². The minimum atomic E-state index is -4.12. The second-order valence-corrected chi connectivity index (χ2v) is 11.6. The normalized spacial score (nSPS) is 15.6. The molecule has 1 atom stereocenters. The molecule has 1 heterocycles. The second-order valence-electron chi connectivity index (χ2n) is 8.38. The van der Waals surface area contributed by atoms with Crippen LogP contribution in [-0.2, 0) is 27.8 Å². The number of hydrogen-bond acceptors (Lipinski definition) is 3. The molecular formula is C25H23BrClFN2O3S. The maximum absolute atomic E-state index is 14.6. The maximum atomic E-state index is 14.6. The average molecular weight is 566 g/mol. The molecule has 178 valence electrons. The molecule has 1 aliphatic rings. The molecule has 1 aliphatic heterocycles. The fraction of sp³-hybridized carbons (Fsp3) is 0.240. The lowest BCUT2D eigenvalue weighted by molar-refractivity contribution is -0.119. The van der Waals surface area contributed by atoms with E-state index in [0.29, 0.717) is 6.42 Å². The number of halogens is 3. The summed E-state index contributed by atoms with van der Waals surface area (Å²) in [4.78, 5) is 15.1. The molecule has 5 nitrogen and oxygen atoms in total. The average Bonchev–Trinajstić information content (AvgIpc) is 3.10. The summed E-state index contributed by atoms with van der Waals surface area (Å²) in [6.45, 7) is 2.93. The fourth-order valence-corrected chi connectivity index (χ4v) is 6.14. The van der Waals surface area contributed by atoms with Gasteiger partial charge >= 0.3 is 0 Å². The van der Waals surface area contributed by atoms with Gasteiger partial charge in [0.05, 0.1) is 11.4 Å². The predicted molar refractivity (Wildman–Crippen MR) is 135 cm³/mol. The molecule has 3 aromatic carbocycles. The van der Waals surface area contributed by atoms with Crippen molar-refractivity contribution in [3.05, 3.63) is 92.7 Å². The number of carbonyl (C=O) groups is 1. The van der Waals surface area contributed by atoms with Gasteiger partial charge in [0, 0.05) is 33.3 Å². The number of fused-ring (bicyclic) bond motifs is 1. The van der Waals surface area contributed by atoms with Gasteiger partial charge in [0.15, 0.2) is 0 Å². The number of hydrogen-bond donors (Lipinski definition) is 0. The molecule has 0 saturated heterocycles. The van der Waals surface area contributed by atoms with E-state index in [2.05, 4.69) is 15.9 Å². The van der Waals surface area contributed by atoms with Gasteiger partial charge in [0.2, 0.25) is 15.9 Å². The standard InChI is InChI=1S/C25H23BrClFN2O3S/c1-16-6-9-20(10-7-16)34(32,33)29(14-21-22(27)4-3-5-23(21)28)15-25(31)30-17(2)12-18-13-19(26)8-11-24(18)30/h3-11,13,17H,12,14-15H2,1-2H3/t17-/m0/s1. The Bertz CT molecular complexity index is 1330. The number of benzene rings is 3. The van der Waals surface area contributed by atoms with Crippen LogP contribution in [0.2, 0.25) is 5.02 Å². The van der Waals surface area contributed by atoms with Crippen molar-refractivity contribution in [1.29, 1.82) is 0 Å². The van der Waals surface area contributed by atoms with E-state index in [1.807, 2.05) is 32.0 Å². The Labute approximate surface area is 212 Å². The number of sulfonamides is 1. The monoisotopic (exact) mass is 564 g/mol. The molecule has 0 aliphatic carbocycles. The zero-order valence-electron chi connectivity index (χ0n) is 18.6. The first-order valence-electron chi connectivity index (χ1n) is 10.7. The minimum Gasteiger partial charge on any atom is -0.308 e. The van der Waals surface area contributed by atoms with Crippen molar-refractivity contribution in [3.8, 4) is 0 Å². The highest BCUT2D eigenvalue weighted by atomic mass is 79.9. The van der Waals surface area contributed by atoms with E-state index in [1.54, 1.807) is 17.0 Å². The summed E-state index contributed by atoms with van der Waals surface area (Å²) in [6, 6.07) is 16.0. The van der Waals surface area contributed by atoms with Crippen molar-refractivity contribution >= 4 is 49.1 Å². The van der Waals surface area contributed by atoms with Crippen LogP contribution < -0.4 is 4.90 Å². The van der Waals surface area contributed by atoms with E-state index in [4.69, 9.17) is 11.6 Å². The lowest BCUT2D eigenvalue weighted by atomic mass is 10.1. The van der Waals surface area contributed by atoms with Crippen molar-refractivity contribution in [3.63, 3.8) is 0 Å². The minimum absolute atomic E-state index is 0.0199. The molecule has 1 amide bonds. The molecule has 4 rings (SSSR count). The number of aryl methyl sites for hydroxylation is 1. The van der Waals surface area contributed by atoms with Crippen LogP contribution in [0, 0.1) is 12.7 Å². The van der Waals surface area contributed by atoms with Crippen molar-refractivity contribution in [2.45, 2.75) is 37.8 Å². The first kappa shape index (κ1) is 24.9. The van der Waals surface area contributed by atoms with E-state index < -0.39 is 28.3 Å². The molecule has 0 bridgehead atoms. The van der Waals surface area contributed by atoms with Gasteiger partial charge in [-0.2, -0.15) is 4.31 Å². The van der Waals surface area contributed by atoms with Crippen molar-refractivity contribution in [2.75, 3.05) is 11.4 Å². The molecule has 0 N–H and O–H groups in total. The van der Waals surface area contributed by atoms with E-state index in [0.717, 1.165) is 25.6 Å². The zero-order valence-corrected chi connectivity index (χ0v) is 21.8. The first-order chi connectivity index (χ1) is 16.1. The number of rotatable bonds is 6. The predicted octanol–water partition coefficient (Wildman–Crippen LogP) is 5.72.